The summed E-state index contributed by atoms with van der Waals surface area (Å²) in [5.74, 6) is 0. The minimum atomic E-state index is -0.628. The predicted octanol–water partition coefficient (Wildman–Crippen LogP) is 4.28. The van der Waals surface area contributed by atoms with E-state index in [4.69, 9.17) is 5.53 Å². The van der Waals surface area contributed by atoms with E-state index in [9.17, 15) is 5.11 Å². The maximum absolute atomic E-state index is 10.8. The van der Waals surface area contributed by atoms with Crippen LogP contribution in [0.3, 0.4) is 0 Å². The fourth-order valence-corrected chi connectivity index (χ4v) is 3.65. The minimum absolute atomic E-state index is 0.00957. The molecule has 1 aliphatic carbocycles. The molecule has 1 saturated carbocycles. The van der Waals surface area contributed by atoms with Crippen molar-refractivity contribution in [1.82, 2.24) is 4.90 Å². The largest absolute Gasteiger partial charge is 0.391 e. The Balaban J connectivity index is 1.83. The summed E-state index contributed by atoms with van der Waals surface area (Å²) in [4.78, 5) is 5.23. The van der Waals surface area contributed by atoms with Crippen LogP contribution in [0.15, 0.2) is 65.8 Å². The number of hydrogen-bond acceptors (Lipinski definition) is 3. The third-order valence-electron chi connectivity index (χ3n) is 4.91. The highest BCUT2D eigenvalue weighted by atomic mass is 16.3. The zero-order valence-corrected chi connectivity index (χ0v) is 14.3. The highest BCUT2D eigenvalue weighted by Crippen LogP contribution is 2.28. The van der Waals surface area contributed by atoms with E-state index in [0.717, 1.165) is 32.4 Å². The fraction of sp³-hybridized carbons (Fsp3) is 0.400. The van der Waals surface area contributed by atoms with Crippen molar-refractivity contribution >= 4 is 0 Å². The number of rotatable bonds is 6. The predicted molar refractivity (Wildman–Crippen MR) is 98.7 cm³/mol. The Kier molecular flexibility index (Phi) is 6.07. The van der Waals surface area contributed by atoms with E-state index in [0.29, 0.717) is 0 Å². The molecule has 0 saturated heterocycles. The molecular weight excluding hydrogens is 312 g/mol. The third kappa shape index (κ3) is 4.60. The van der Waals surface area contributed by atoms with E-state index in [2.05, 4.69) is 39.2 Å². The van der Waals surface area contributed by atoms with Crippen LogP contribution >= 0.6 is 0 Å². The van der Waals surface area contributed by atoms with Crippen LogP contribution in [0.4, 0.5) is 0 Å². The van der Waals surface area contributed by atoms with Crippen LogP contribution < -0.4 is 0 Å². The smallest absolute Gasteiger partial charge is 0.0780 e. The molecule has 2 aromatic carbocycles. The highest BCUT2D eigenvalue weighted by molar-refractivity contribution is 5.17. The number of nitrogens with zero attached hydrogens (tertiary/aromatic N) is 4. The van der Waals surface area contributed by atoms with E-state index >= 15 is 0 Å². The summed E-state index contributed by atoms with van der Waals surface area (Å²) >= 11 is 0. The monoisotopic (exact) mass is 336 g/mol. The molecule has 0 bridgehead atoms. The molecule has 0 heterocycles. The van der Waals surface area contributed by atoms with Gasteiger partial charge in [0.25, 0.3) is 0 Å². The molecule has 3 rings (SSSR count). The SMILES string of the molecule is [N-]=[N+]=NC1CCCC(N(Cc2ccccc2)Cc2ccccc2)[C@@H]1O. The average molecular weight is 336 g/mol. The van der Waals surface area contributed by atoms with Gasteiger partial charge in [-0.05, 0) is 29.5 Å². The van der Waals surface area contributed by atoms with Crippen molar-refractivity contribution < 1.29 is 5.11 Å². The molecule has 25 heavy (non-hydrogen) atoms. The van der Waals surface area contributed by atoms with Crippen molar-refractivity contribution in [2.75, 3.05) is 0 Å². The summed E-state index contributed by atoms with van der Waals surface area (Å²) < 4.78 is 0. The Hall–Kier alpha value is -2.33. The molecule has 0 radical (unpaired) electrons. The Bertz CT molecular complexity index is 659. The molecule has 3 atom stereocenters. The van der Waals surface area contributed by atoms with Gasteiger partial charge in [-0.25, -0.2) is 0 Å². The lowest BCUT2D eigenvalue weighted by molar-refractivity contribution is -0.000669. The zero-order valence-electron chi connectivity index (χ0n) is 14.3. The molecule has 1 N–H and O–H groups in total. The lowest BCUT2D eigenvalue weighted by Crippen LogP contribution is -2.50. The Morgan fingerprint density at radius 3 is 2.04 bits per heavy atom. The first-order valence-electron chi connectivity index (χ1n) is 8.82. The molecule has 5 heteroatoms. The van der Waals surface area contributed by atoms with E-state index in [1.807, 2.05) is 36.4 Å². The normalized spacial score (nSPS) is 23.2. The first kappa shape index (κ1) is 17.5. The van der Waals surface area contributed by atoms with Gasteiger partial charge in [-0.3, -0.25) is 4.90 Å². The summed E-state index contributed by atoms with van der Waals surface area (Å²) in [6, 6.07) is 20.3. The number of aliphatic hydroxyl groups excluding tert-OH is 1. The van der Waals surface area contributed by atoms with Gasteiger partial charge in [-0.2, -0.15) is 0 Å². The second kappa shape index (κ2) is 8.67. The van der Waals surface area contributed by atoms with Crippen molar-refractivity contribution in [1.29, 1.82) is 0 Å². The van der Waals surface area contributed by atoms with E-state index in [1.165, 1.54) is 11.1 Å². The van der Waals surface area contributed by atoms with Gasteiger partial charge in [0, 0.05) is 24.0 Å². The fourth-order valence-electron chi connectivity index (χ4n) is 3.65. The Morgan fingerprint density at radius 1 is 0.960 bits per heavy atom. The van der Waals surface area contributed by atoms with Crippen LogP contribution in [0.25, 0.3) is 10.4 Å². The molecular formula is C20H24N4O. The molecule has 0 amide bonds. The quantitative estimate of drug-likeness (QED) is 0.486. The Labute approximate surface area is 148 Å². The van der Waals surface area contributed by atoms with Gasteiger partial charge < -0.3 is 5.11 Å². The lowest BCUT2D eigenvalue weighted by atomic mass is 9.87. The maximum Gasteiger partial charge on any atom is 0.0780 e. The topological polar surface area (TPSA) is 72.2 Å². The van der Waals surface area contributed by atoms with Crippen molar-refractivity contribution in [2.24, 2.45) is 5.11 Å². The molecule has 5 nitrogen and oxygen atoms in total. The van der Waals surface area contributed by atoms with Gasteiger partial charge in [0.05, 0.1) is 12.1 Å². The Morgan fingerprint density at radius 2 is 1.52 bits per heavy atom. The number of benzene rings is 2. The van der Waals surface area contributed by atoms with Crippen LogP contribution in [0.1, 0.15) is 30.4 Å². The summed E-state index contributed by atoms with van der Waals surface area (Å²) in [5.41, 5.74) is 11.2. The van der Waals surface area contributed by atoms with E-state index in [-0.39, 0.29) is 12.1 Å². The zero-order chi connectivity index (χ0) is 17.5. The van der Waals surface area contributed by atoms with Crippen LogP contribution in [-0.2, 0) is 13.1 Å². The number of hydrogen-bond donors (Lipinski definition) is 1. The summed E-state index contributed by atoms with van der Waals surface area (Å²) in [7, 11) is 0. The second-order valence-electron chi connectivity index (χ2n) is 6.64. The molecule has 2 unspecified atom stereocenters. The number of azide groups is 1. The maximum atomic E-state index is 10.8. The molecule has 0 aromatic heterocycles. The van der Waals surface area contributed by atoms with Gasteiger partial charge in [0.1, 0.15) is 0 Å². The van der Waals surface area contributed by atoms with Crippen LogP contribution in [0.2, 0.25) is 0 Å². The molecule has 130 valence electrons. The molecule has 0 aliphatic heterocycles. The summed E-state index contributed by atoms with van der Waals surface area (Å²) in [5, 5.41) is 14.6. The second-order valence-corrected chi connectivity index (χ2v) is 6.64. The van der Waals surface area contributed by atoms with Gasteiger partial charge in [0.15, 0.2) is 0 Å². The third-order valence-corrected chi connectivity index (χ3v) is 4.91. The van der Waals surface area contributed by atoms with Crippen molar-refractivity contribution in [3.63, 3.8) is 0 Å². The first-order valence-corrected chi connectivity index (χ1v) is 8.82. The standard InChI is InChI=1S/C20H24N4O/c21-23-22-18-12-7-13-19(20(18)25)24(14-16-8-3-1-4-9-16)15-17-10-5-2-6-11-17/h1-6,8-11,18-20,25H,7,12-15H2/t18?,19?,20-/m1/s1. The van der Waals surface area contributed by atoms with Crippen LogP contribution in [0, 0.1) is 0 Å². The van der Waals surface area contributed by atoms with Gasteiger partial charge >= 0.3 is 0 Å². The highest BCUT2D eigenvalue weighted by Gasteiger charge is 2.35. The lowest BCUT2D eigenvalue weighted by Gasteiger charge is -2.40. The molecule has 2 aromatic rings. The van der Waals surface area contributed by atoms with Crippen LogP contribution in [0.5, 0.6) is 0 Å². The molecule has 1 fully saturated rings. The summed E-state index contributed by atoms with van der Waals surface area (Å²) in [6.45, 7) is 1.53. The summed E-state index contributed by atoms with van der Waals surface area (Å²) in [6.07, 6.45) is 2.01. The minimum Gasteiger partial charge on any atom is -0.391 e. The van der Waals surface area contributed by atoms with Crippen molar-refractivity contribution in [3.8, 4) is 0 Å². The van der Waals surface area contributed by atoms with Gasteiger partial charge in [-0.15, -0.1) is 0 Å². The van der Waals surface area contributed by atoms with E-state index < -0.39 is 6.10 Å². The van der Waals surface area contributed by atoms with Gasteiger partial charge in [-0.1, -0.05) is 72.2 Å². The number of aliphatic hydroxyl groups is 1. The first-order chi connectivity index (χ1) is 12.3. The van der Waals surface area contributed by atoms with Crippen LogP contribution in [-0.4, -0.2) is 28.2 Å². The molecule has 0 spiro atoms. The van der Waals surface area contributed by atoms with Crippen molar-refractivity contribution in [2.45, 2.75) is 50.5 Å². The van der Waals surface area contributed by atoms with Crippen molar-refractivity contribution in [3.05, 3.63) is 82.2 Å². The van der Waals surface area contributed by atoms with Gasteiger partial charge in [0.2, 0.25) is 0 Å². The van der Waals surface area contributed by atoms with E-state index in [1.54, 1.807) is 0 Å². The molecule has 1 aliphatic rings. The average Bonchev–Trinajstić information content (AvgIpc) is 2.65.